The largest absolute Gasteiger partial charge is 0.419 e. The number of rotatable bonds is 8. The van der Waals surface area contributed by atoms with E-state index in [1.807, 2.05) is 10.8 Å². The molecule has 0 aliphatic rings. The SMILES string of the molecule is O=S(=O)(c1ccc(Cl)cc1)c1nc(-c2ccc(F)cc2)oc1NCCCn1ccnc1. The number of hydrogen-bond donors (Lipinski definition) is 1. The molecule has 0 aliphatic heterocycles. The maximum atomic E-state index is 13.3. The van der Waals surface area contributed by atoms with Crippen molar-refractivity contribution in [1.29, 1.82) is 0 Å². The van der Waals surface area contributed by atoms with Gasteiger partial charge in [0.05, 0.1) is 11.2 Å². The van der Waals surface area contributed by atoms with Crippen molar-refractivity contribution < 1.29 is 17.2 Å². The highest BCUT2D eigenvalue weighted by Gasteiger charge is 2.28. The number of nitrogens with one attached hydrogen (secondary N) is 1. The maximum absolute atomic E-state index is 13.3. The van der Waals surface area contributed by atoms with Crippen molar-refractivity contribution in [3.8, 4) is 11.5 Å². The van der Waals surface area contributed by atoms with Gasteiger partial charge in [0.2, 0.25) is 26.6 Å². The second kappa shape index (κ2) is 8.91. The Morgan fingerprint density at radius 3 is 2.52 bits per heavy atom. The highest BCUT2D eigenvalue weighted by Crippen LogP contribution is 2.32. The molecule has 0 amide bonds. The number of aryl methyl sites for hydroxylation is 1. The van der Waals surface area contributed by atoms with Gasteiger partial charge in [0, 0.05) is 36.1 Å². The third-order valence-corrected chi connectivity index (χ3v) is 6.43. The van der Waals surface area contributed by atoms with Crippen LogP contribution in [-0.4, -0.2) is 29.5 Å². The van der Waals surface area contributed by atoms with E-state index in [4.69, 9.17) is 16.0 Å². The molecule has 0 bridgehead atoms. The minimum Gasteiger partial charge on any atom is -0.419 e. The van der Waals surface area contributed by atoms with Crippen molar-refractivity contribution in [1.82, 2.24) is 14.5 Å². The molecule has 4 aromatic rings. The molecule has 10 heteroatoms. The van der Waals surface area contributed by atoms with Crippen LogP contribution in [0.3, 0.4) is 0 Å². The minimum atomic E-state index is -3.98. The first-order chi connectivity index (χ1) is 14.9. The number of halogens is 2. The summed E-state index contributed by atoms with van der Waals surface area (Å²) < 4.78 is 47.3. The van der Waals surface area contributed by atoms with E-state index in [2.05, 4.69) is 15.3 Å². The summed E-state index contributed by atoms with van der Waals surface area (Å²) in [6.45, 7) is 1.14. The zero-order valence-electron chi connectivity index (χ0n) is 16.2. The summed E-state index contributed by atoms with van der Waals surface area (Å²) in [5.41, 5.74) is 0.459. The predicted molar refractivity (Wildman–Crippen MR) is 114 cm³/mol. The van der Waals surface area contributed by atoms with Gasteiger partial charge in [-0.15, -0.1) is 0 Å². The Bertz CT molecular complexity index is 1260. The molecule has 0 unspecified atom stereocenters. The number of aromatic nitrogens is 3. The summed E-state index contributed by atoms with van der Waals surface area (Å²) >= 11 is 5.88. The molecule has 0 fully saturated rings. The molecule has 2 heterocycles. The van der Waals surface area contributed by atoms with Gasteiger partial charge in [-0.25, -0.2) is 17.8 Å². The standard InChI is InChI=1S/C21H18ClFN4O3S/c22-16-4-8-18(9-5-16)31(28,29)21-20(25-10-1-12-27-13-11-24-14-27)30-19(26-21)15-2-6-17(23)7-3-15/h2-9,11,13-14,25H,1,10,12H2. The molecule has 0 saturated heterocycles. The van der Waals surface area contributed by atoms with Gasteiger partial charge in [-0.05, 0) is 55.0 Å². The fourth-order valence-corrected chi connectivity index (χ4v) is 4.33. The number of sulfone groups is 1. The number of benzene rings is 2. The summed E-state index contributed by atoms with van der Waals surface area (Å²) in [5.74, 6) is -0.313. The lowest BCUT2D eigenvalue weighted by Crippen LogP contribution is -2.10. The van der Waals surface area contributed by atoms with Gasteiger partial charge in [0.25, 0.3) is 0 Å². The van der Waals surface area contributed by atoms with Gasteiger partial charge in [-0.1, -0.05) is 11.6 Å². The first-order valence-corrected chi connectivity index (χ1v) is 11.3. The molecule has 7 nitrogen and oxygen atoms in total. The van der Waals surface area contributed by atoms with Gasteiger partial charge < -0.3 is 14.3 Å². The molecular formula is C21H18ClFN4O3S. The lowest BCUT2D eigenvalue weighted by molar-refractivity contribution is 0.571. The second-order valence-electron chi connectivity index (χ2n) is 6.70. The van der Waals surface area contributed by atoms with Crippen molar-refractivity contribution in [3.63, 3.8) is 0 Å². The highest BCUT2D eigenvalue weighted by atomic mass is 35.5. The molecule has 0 atom stereocenters. The number of hydrogen-bond acceptors (Lipinski definition) is 6. The molecule has 160 valence electrons. The van der Waals surface area contributed by atoms with E-state index in [0.717, 1.165) is 0 Å². The van der Waals surface area contributed by atoms with Crippen LogP contribution in [0.2, 0.25) is 5.02 Å². The third kappa shape index (κ3) is 4.78. The molecule has 31 heavy (non-hydrogen) atoms. The molecule has 0 saturated carbocycles. The Morgan fingerprint density at radius 1 is 1.10 bits per heavy atom. The van der Waals surface area contributed by atoms with Crippen LogP contribution in [0.1, 0.15) is 6.42 Å². The van der Waals surface area contributed by atoms with Gasteiger partial charge >= 0.3 is 0 Å². The average molecular weight is 461 g/mol. The van der Waals surface area contributed by atoms with E-state index in [-0.39, 0.29) is 21.7 Å². The second-order valence-corrected chi connectivity index (χ2v) is 9.00. The lowest BCUT2D eigenvalue weighted by Gasteiger charge is -2.07. The Labute approximate surface area is 183 Å². The van der Waals surface area contributed by atoms with Crippen molar-refractivity contribution in [3.05, 3.63) is 78.1 Å². The van der Waals surface area contributed by atoms with E-state index in [1.54, 1.807) is 12.5 Å². The molecular weight excluding hydrogens is 443 g/mol. The van der Waals surface area contributed by atoms with Crippen LogP contribution in [0, 0.1) is 5.82 Å². The number of imidazole rings is 1. The fraction of sp³-hybridized carbons (Fsp3) is 0.143. The van der Waals surface area contributed by atoms with E-state index >= 15 is 0 Å². The summed E-state index contributed by atoms with van der Waals surface area (Å²) in [5, 5.41) is 3.20. The van der Waals surface area contributed by atoms with E-state index in [9.17, 15) is 12.8 Å². The van der Waals surface area contributed by atoms with Gasteiger partial charge in [-0.3, -0.25) is 0 Å². The fourth-order valence-electron chi connectivity index (χ4n) is 2.92. The summed E-state index contributed by atoms with van der Waals surface area (Å²) in [7, 11) is -3.98. The van der Waals surface area contributed by atoms with Gasteiger partial charge in [-0.2, -0.15) is 4.98 Å². The van der Waals surface area contributed by atoms with Crippen LogP contribution in [0.15, 0.2) is 81.6 Å². The zero-order chi connectivity index (χ0) is 21.8. The molecule has 4 rings (SSSR count). The van der Waals surface area contributed by atoms with Gasteiger partial charge in [0.1, 0.15) is 5.82 Å². The number of anilines is 1. The Morgan fingerprint density at radius 2 is 1.84 bits per heavy atom. The van der Waals surface area contributed by atoms with E-state index < -0.39 is 15.7 Å². The van der Waals surface area contributed by atoms with Gasteiger partial charge in [0.15, 0.2) is 0 Å². The summed E-state index contributed by atoms with van der Waals surface area (Å²) in [6.07, 6.45) is 5.94. The zero-order valence-corrected chi connectivity index (χ0v) is 17.8. The lowest BCUT2D eigenvalue weighted by atomic mass is 10.2. The monoisotopic (exact) mass is 460 g/mol. The molecule has 0 spiro atoms. The topological polar surface area (TPSA) is 90.0 Å². The first-order valence-electron chi connectivity index (χ1n) is 9.40. The first kappa shape index (κ1) is 21.1. The molecule has 0 aliphatic carbocycles. The molecule has 2 aromatic carbocycles. The maximum Gasteiger partial charge on any atom is 0.233 e. The predicted octanol–water partition coefficient (Wildman–Crippen LogP) is 4.67. The van der Waals surface area contributed by atoms with E-state index in [1.165, 1.54) is 48.5 Å². The normalized spacial score (nSPS) is 11.5. The quantitative estimate of drug-likeness (QED) is 0.384. The van der Waals surface area contributed by atoms with E-state index in [0.29, 0.717) is 30.1 Å². The summed E-state index contributed by atoms with van der Waals surface area (Å²) in [6, 6.07) is 11.3. The number of nitrogens with zero attached hydrogens (tertiary/aromatic N) is 3. The average Bonchev–Trinajstić information content (AvgIpc) is 3.42. The van der Waals surface area contributed by atoms with Crippen LogP contribution < -0.4 is 5.32 Å². The highest BCUT2D eigenvalue weighted by molar-refractivity contribution is 7.91. The Balaban J connectivity index is 1.64. The Kier molecular flexibility index (Phi) is 6.06. The van der Waals surface area contributed by atoms with Crippen LogP contribution in [0.5, 0.6) is 0 Å². The van der Waals surface area contributed by atoms with Crippen LogP contribution in [-0.2, 0) is 16.4 Å². The smallest absolute Gasteiger partial charge is 0.233 e. The van der Waals surface area contributed by atoms with Crippen molar-refractivity contribution in [2.24, 2.45) is 0 Å². The van der Waals surface area contributed by atoms with Crippen LogP contribution >= 0.6 is 11.6 Å². The van der Waals surface area contributed by atoms with Crippen LogP contribution in [0.25, 0.3) is 11.5 Å². The van der Waals surface area contributed by atoms with Crippen molar-refractivity contribution in [2.45, 2.75) is 22.9 Å². The third-order valence-electron chi connectivity index (χ3n) is 4.50. The Hall–Kier alpha value is -3.17. The number of oxazole rings is 1. The minimum absolute atomic E-state index is 0.0277. The van der Waals surface area contributed by atoms with Crippen LogP contribution in [0.4, 0.5) is 10.3 Å². The molecule has 2 aromatic heterocycles. The van der Waals surface area contributed by atoms with Crippen molar-refractivity contribution in [2.75, 3.05) is 11.9 Å². The molecule has 0 radical (unpaired) electrons. The van der Waals surface area contributed by atoms with Crippen molar-refractivity contribution >= 4 is 27.3 Å². The summed E-state index contributed by atoms with van der Waals surface area (Å²) in [4.78, 5) is 8.25. The molecule has 1 N–H and O–H groups in total.